The van der Waals surface area contributed by atoms with Crippen molar-refractivity contribution >= 4 is 27.3 Å². The topological polar surface area (TPSA) is 66.4 Å². The van der Waals surface area contributed by atoms with Crippen LogP contribution in [0.2, 0.25) is 5.02 Å². The van der Waals surface area contributed by atoms with Gasteiger partial charge >= 0.3 is 0 Å². The summed E-state index contributed by atoms with van der Waals surface area (Å²) in [6, 6.07) is 13.5. The van der Waals surface area contributed by atoms with Crippen molar-refractivity contribution in [1.82, 2.24) is 0 Å². The van der Waals surface area contributed by atoms with E-state index in [0.717, 1.165) is 0 Å². The quantitative estimate of drug-likeness (QED) is 0.892. The normalized spacial score (nSPS) is 11.3. The lowest BCUT2D eigenvalue weighted by atomic mass is 10.1. The van der Waals surface area contributed by atoms with Crippen LogP contribution in [0, 0.1) is 0 Å². The highest BCUT2D eigenvalue weighted by Gasteiger charge is 2.13. The largest absolute Gasteiger partial charge is 0.392 e. The van der Waals surface area contributed by atoms with Crippen molar-refractivity contribution in [3.05, 3.63) is 64.7 Å². The van der Waals surface area contributed by atoms with E-state index in [2.05, 4.69) is 4.72 Å². The van der Waals surface area contributed by atoms with Crippen LogP contribution >= 0.6 is 11.6 Å². The first kappa shape index (κ1) is 14.8. The Balaban J connectivity index is 2.17. The second-order valence-corrected chi connectivity index (χ2v) is 6.45. The predicted octanol–water partition coefficient (Wildman–Crippen LogP) is 2.77. The number of hydrogen-bond donors (Lipinski definition) is 2. The molecule has 20 heavy (non-hydrogen) atoms. The van der Waals surface area contributed by atoms with Crippen molar-refractivity contribution in [3.8, 4) is 0 Å². The number of rotatable bonds is 5. The number of halogens is 1. The molecule has 0 bridgehead atoms. The van der Waals surface area contributed by atoms with Gasteiger partial charge in [-0.15, -0.1) is 0 Å². The standard InChI is InChI=1S/C14H14ClNO3S/c15-13-6-1-2-7-14(13)16-20(18,19)10-12-5-3-4-11(8-12)9-17/h1-8,16-17H,9-10H2. The third-order valence-corrected chi connectivity index (χ3v) is 4.24. The molecule has 4 nitrogen and oxygen atoms in total. The van der Waals surface area contributed by atoms with E-state index in [0.29, 0.717) is 21.8 Å². The Morgan fingerprint density at radius 2 is 1.75 bits per heavy atom. The highest BCUT2D eigenvalue weighted by Crippen LogP contribution is 2.22. The number of sulfonamides is 1. The number of anilines is 1. The predicted molar refractivity (Wildman–Crippen MR) is 80.1 cm³/mol. The molecule has 0 aliphatic carbocycles. The van der Waals surface area contributed by atoms with Gasteiger partial charge in [-0.3, -0.25) is 4.72 Å². The molecule has 0 fully saturated rings. The molecule has 0 atom stereocenters. The maximum absolute atomic E-state index is 12.1. The molecule has 0 amide bonds. The summed E-state index contributed by atoms with van der Waals surface area (Å²) >= 11 is 5.92. The molecule has 0 spiro atoms. The fourth-order valence-corrected chi connectivity index (χ4v) is 3.23. The molecule has 0 radical (unpaired) electrons. The molecule has 0 aliphatic rings. The van der Waals surface area contributed by atoms with Gasteiger partial charge in [-0.05, 0) is 23.3 Å². The Bertz CT molecular complexity index is 701. The zero-order chi connectivity index (χ0) is 14.6. The number of hydrogen-bond acceptors (Lipinski definition) is 3. The minimum absolute atomic E-state index is 0.119. The van der Waals surface area contributed by atoms with Gasteiger partial charge in [-0.1, -0.05) is 48.0 Å². The van der Waals surface area contributed by atoms with Crippen LogP contribution in [0.3, 0.4) is 0 Å². The molecular formula is C14H14ClNO3S. The molecule has 2 N–H and O–H groups in total. The van der Waals surface area contributed by atoms with E-state index >= 15 is 0 Å². The van der Waals surface area contributed by atoms with E-state index in [4.69, 9.17) is 16.7 Å². The molecule has 0 aromatic heterocycles. The van der Waals surface area contributed by atoms with Crippen LogP contribution in [0.15, 0.2) is 48.5 Å². The summed E-state index contributed by atoms with van der Waals surface area (Å²) in [7, 11) is -3.55. The summed E-state index contributed by atoms with van der Waals surface area (Å²) in [6.45, 7) is -0.119. The summed E-state index contributed by atoms with van der Waals surface area (Å²) in [5.41, 5.74) is 1.64. The zero-order valence-electron chi connectivity index (χ0n) is 10.6. The molecule has 0 saturated heterocycles. The smallest absolute Gasteiger partial charge is 0.236 e. The molecule has 2 aromatic rings. The van der Waals surface area contributed by atoms with Gasteiger partial charge < -0.3 is 5.11 Å². The summed E-state index contributed by atoms with van der Waals surface area (Å²) < 4.78 is 26.6. The lowest BCUT2D eigenvalue weighted by Crippen LogP contribution is -2.15. The van der Waals surface area contributed by atoms with E-state index in [1.54, 1.807) is 48.5 Å². The third-order valence-electron chi connectivity index (χ3n) is 2.67. The Morgan fingerprint density at radius 1 is 1.05 bits per heavy atom. The fraction of sp³-hybridized carbons (Fsp3) is 0.143. The Hall–Kier alpha value is -1.56. The Kier molecular flexibility index (Phi) is 4.65. The monoisotopic (exact) mass is 311 g/mol. The number of nitrogens with one attached hydrogen (secondary N) is 1. The van der Waals surface area contributed by atoms with E-state index in [9.17, 15) is 8.42 Å². The summed E-state index contributed by atoms with van der Waals surface area (Å²) in [5.74, 6) is -0.175. The SMILES string of the molecule is O=S(=O)(Cc1cccc(CO)c1)Nc1ccccc1Cl. The molecule has 0 aliphatic heterocycles. The van der Waals surface area contributed by atoms with Crippen molar-refractivity contribution in [2.75, 3.05) is 4.72 Å². The molecule has 0 heterocycles. The van der Waals surface area contributed by atoms with Crippen LogP contribution in [0.1, 0.15) is 11.1 Å². The van der Waals surface area contributed by atoms with Gasteiger partial charge in [0, 0.05) is 0 Å². The number of aliphatic hydroxyl groups is 1. The maximum Gasteiger partial charge on any atom is 0.236 e. The molecule has 2 aromatic carbocycles. The first-order valence-corrected chi connectivity index (χ1v) is 7.97. The zero-order valence-corrected chi connectivity index (χ0v) is 12.2. The van der Waals surface area contributed by atoms with Gasteiger partial charge in [0.1, 0.15) is 0 Å². The summed E-state index contributed by atoms with van der Waals surface area (Å²) in [4.78, 5) is 0. The first-order chi connectivity index (χ1) is 9.50. The van der Waals surface area contributed by atoms with E-state index in [1.165, 1.54) is 0 Å². The number of para-hydroxylation sites is 1. The maximum atomic E-state index is 12.1. The average Bonchev–Trinajstić information content (AvgIpc) is 2.41. The molecule has 0 saturated carbocycles. The minimum Gasteiger partial charge on any atom is -0.392 e. The second kappa shape index (κ2) is 6.26. The van der Waals surface area contributed by atoms with E-state index in [1.807, 2.05) is 0 Å². The van der Waals surface area contributed by atoms with Crippen LogP contribution in [-0.4, -0.2) is 13.5 Å². The van der Waals surface area contributed by atoms with Gasteiger partial charge in [-0.25, -0.2) is 8.42 Å². The van der Waals surface area contributed by atoms with E-state index in [-0.39, 0.29) is 12.4 Å². The Labute approximate surface area is 123 Å². The van der Waals surface area contributed by atoms with Crippen molar-refractivity contribution in [3.63, 3.8) is 0 Å². The lowest BCUT2D eigenvalue weighted by Gasteiger charge is -2.10. The van der Waals surface area contributed by atoms with E-state index < -0.39 is 10.0 Å². The van der Waals surface area contributed by atoms with Gasteiger partial charge in [0.25, 0.3) is 0 Å². The van der Waals surface area contributed by atoms with Crippen LogP contribution in [0.4, 0.5) is 5.69 Å². The first-order valence-electron chi connectivity index (χ1n) is 5.94. The number of aliphatic hydroxyl groups excluding tert-OH is 1. The van der Waals surface area contributed by atoms with Gasteiger partial charge in [0.05, 0.1) is 23.1 Å². The Morgan fingerprint density at radius 3 is 2.45 bits per heavy atom. The number of benzene rings is 2. The van der Waals surface area contributed by atoms with Crippen molar-refractivity contribution < 1.29 is 13.5 Å². The van der Waals surface area contributed by atoms with Crippen LogP contribution in [0.25, 0.3) is 0 Å². The molecule has 0 unspecified atom stereocenters. The second-order valence-electron chi connectivity index (χ2n) is 4.32. The van der Waals surface area contributed by atoms with Gasteiger partial charge in [0.15, 0.2) is 0 Å². The van der Waals surface area contributed by atoms with Crippen molar-refractivity contribution in [2.24, 2.45) is 0 Å². The van der Waals surface area contributed by atoms with Crippen molar-refractivity contribution in [2.45, 2.75) is 12.4 Å². The molecule has 106 valence electrons. The average molecular weight is 312 g/mol. The van der Waals surface area contributed by atoms with Crippen LogP contribution in [0.5, 0.6) is 0 Å². The highest BCUT2D eigenvalue weighted by atomic mass is 35.5. The molecule has 2 rings (SSSR count). The van der Waals surface area contributed by atoms with Gasteiger partial charge in [0.2, 0.25) is 10.0 Å². The molecular weight excluding hydrogens is 298 g/mol. The fourth-order valence-electron chi connectivity index (χ4n) is 1.78. The van der Waals surface area contributed by atoms with Crippen LogP contribution in [-0.2, 0) is 22.4 Å². The lowest BCUT2D eigenvalue weighted by molar-refractivity contribution is 0.282. The highest BCUT2D eigenvalue weighted by molar-refractivity contribution is 7.91. The van der Waals surface area contributed by atoms with Crippen LogP contribution < -0.4 is 4.72 Å². The minimum atomic E-state index is -3.55. The van der Waals surface area contributed by atoms with Crippen molar-refractivity contribution in [1.29, 1.82) is 0 Å². The summed E-state index contributed by atoms with van der Waals surface area (Å²) in [5, 5.41) is 9.40. The third kappa shape index (κ3) is 3.96. The summed E-state index contributed by atoms with van der Waals surface area (Å²) in [6.07, 6.45) is 0. The molecule has 6 heteroatoms. The van der Waals surface area contributed by atoms with Gasteiger partial charge in [-0.2, -0.15) is 0 Å².